The molecule has 0 bridgehead atoms. The number of fused-ring (bicyclic) bond motifs is 2. The second-order valence-electron chi connectivity index (χ2n) is 8.49. The van der Waals surface area contributed by atoms with E-state index in [2.05, 4.69) is 10.1 Å². The standard InChI is InChI=1S/C26H18Cl2N2O6/c27-16-2-1-3-17(28)23(16)24-15(25(36-30-24)13-4-5-13)11-34-22-9-8-19-18(29-22)12-33-20-7-6-14(26(31)32)10-21(20)35-19/h1-3,6-10,13H,4-5,11-12H2,(H,31,32). The van der Waals surface area contributed by atoms with E-state index < -0.39 is 5.97 Å². The van der Waals surface area contributed by atoms with Crippen molar-refractivity contribution in [2.45, 2.75) is 32.0 Å². The molecule has 0 amide bonds. The summed E-state index contributed by atoms with van der Waals surface area (Å²) >= 11 is 12.9. The summed E-state index contributed by atoms with van der Waals surface area (Å²) in [5.41, 5.74) is 2.56. The van der Waals surface area contributed by atoms with Gasteiger partial charge in [0, 0.05) is 17.5 Å². The van der Waals surface area contributed by atoms with Crippen molar-refractivity contribution in [3.63, 3.8) is 0 Å². The number of halogens is 2. The van der Waals surface area contributed by atoms with Crippen molar-refractivity contribution in [2.24, 2.45) is 0 Å². The van der Waals surface area contributed by atoms with E-state index in [0.717, 1.165) is 24.2 Å². The monoisotopic (exact) mass is 524 g/mol. The van der Waals surface area contributed by atoms with Crippen LogP contribution in [0.4, 0.5) is 0 Å². The zero-order valence-electron chi connectivity index (χ0n) is 18.7. The molecular formula is C26H18Cl2N2O6. The average Bonchev–Trinajstić information content (AvgIpc) is 3.65. The maximum Gasteiger partial charge on any atom is 0.335 e. The fourth-order valence-electron chi connectivity index (χ4n) is 4.04. The molecule has 1 saturated carbocycles. The number of carboxylic acid groups (broad SMARTS) is 1. The van der Waals surface area contributed by atoms with Gasteiger partial charge < -0.3 is 23.8 Å². The van der Waals surface area contributed by atoms with Crippen LogP contribution in [0.3, 0.4) is 0 Å². The van der Waals surface area contributed by atoms with Crippen molar-refractivity contribution >= 4 is 29.2 Å². The summed E-state index contributed by atoms with van der Waals surface area (Å²) in [5, 5.41) is 14.5. The summed E-state index contributed by atoms with van der Waals surface area (Å²) < 4.78 is 23.4. The van der Waals surface area contributed by atoms with E-state index in [1.807, 2.05) is 0 Å². The number of hydrogen-bond donors (Lipinski definition) is 1. The van der Waals surface area contributed by atoms with Crippen molar-refractivity contribution in [1.82, 2.24) is 10.1 Å². The SMILES string of the molecule is O=C(O)c1ccc2c(c1)Oc1ccc(OCc3c(-c4c(Cl)cccc4Cl)noc3C3CC3)nc1CO2. The van der Waals surface area contributed by atoms with Crippen LogP contribution in [0, 0.1) is 0 Å². The largest absolute Gasteiger partial charge is 0.483 e. The molecule has 0 spiro atoms. The summed E-state index contributed by atoms with van der Waals surface area (Å²) in [4.78, 5) is 15.9. The molecule has 36 heavy (non-hydrogen) atoms. The highest BCUT2D eigenvalue weighted by atomic mass is 35.5. The van der Waals surface area contributed by atoms with Gasteiger partial charge in [0.15, 0.2) is 17.2 Å². The first-order valence-corrected chi connectivity index (χ1v) is 12.0. The van der Waals surface area contributed by atoms with Gasteiger partial charge in [-0.2, -0.15) is 0 Å². The molecule has 0 radical (unpaired) electrons. The van der Waals surface area contributed by atoms with Gasteiger partial charge in [-0.05, 0) is 49.2 Å². The first-order valence-electron chi connectivity index (χ1n) is 11.2. The van der Waals surface area contributed by atoms with Gasteiger partial charge in [-0.3, -0.25) is 0 Å². The maximum absolute atomic E-state index is 11.3. The van der Waals surface area contributed by atoms with Crippen molar-refractivity contribution in [3.8, 4) is 34.4 Å². The maximum atomic E-state index is 11.3. The number of carboxylic acids is 1. The summed E-state index contributed by atoms with van der Waals surface area (Å²) in [6.07, 6.45) is 2.04. The molecule has 3 heterocycles. The lowest BCUT2D eigenvalue weighted by atomic mass is 10.0. The third-order valence-electron chi connectivity index (χ3n) is 6.01. The Morgan fingerprint density at radius 2 is 1.83 bits per heavy atom. The van der Waals surface area contributed by atoms with E-state index >= 15 is 0 Å². The predicted octanol–water partition coefficient (Wildman–Crippen LogP) is 6.88. The van der Waals surface area contributed by atoms with Gasteiger partial charge >= 0.3 is 5.97 Å². The summed E-state index contributed by atoms with van der Waals surface area (Å²) in [6.45, 7) is 0.287. The number of benzene rings is 2. The molecule has 0 saturated heterocycles. The molecule has 2 aliphatic rings. The number of rotatable bonds is 6. The number of aromatic nitrogens is 2. The zero-order valence-corrected chi connectivity index (χ0v) is 20.2. The third-order valence-corrected chi connectivity index (χ3v) is 6.64. The summed E-state index contributed by atoms with van der Waals surface area (Å²) in [7, 11) is 0. The lowest BCUT2D eigenvalue weighted by Gasteiger charge is -2.11. The van der Waals surface area contributed by atoms with Gasteiger partial charge in [-0.15, -0.1) is 0 Å². The number of ether oxygens (including phenoxy) is 3. The number of nitrogens with zero attached hydrogens (tertiary/aromatic N) is 2. The van der Waals surface area contributed by atoms with Crippen molar-refractivity contribution in [1.29, 1.82) is 0 Å². The van der Waals surface area contributed by atoms with Gasteiger partial charge in [0.25, 0.3) is 0 Å². The van der Waals surface area contributed by atoms with E-state index in [1.54, 1.807) is 36.4 Å². The van der Waals surface area contributed by atoms with E-state index in [9.17, 15) is 9.90 Å². The van der Waals surface area contributed by atoms with E-state index in [0.29, 0.717) is 56.0 Å². The minimum Gasteiger partial charge on any atom is -0.483 e. The van der Waals surface area contributed by atoms with Gasteiger partial charge in [-0.25, -0.2) is 9.78 Å². The lowest BCUT2D eigenvalue weighted by Crippen LogP contribution is -2.03. The van der Waals surface area contributed by atoms with Gasteiger partial charge in [-0.1, -0.05) is 34.4 Å². The van der Waals surface area contributed by atoms with Gasteiger partial charge in [0.05, 0.1) is 21.2 Å². The van der Waals surface area contributed by atoms with Crippen molar-refractivity contribution in [3.05, 3.63) is 81.2 Å². The molecule has 0 atom stereocenters. The normalized spacial score (nSPS) is 14.2. The smallest absolute Gasteiger partial charge is 0.335 e. The molecule has 2 aromatic carbocycles. The van der Waals surface area contributed by atoms with Crippen molar-refractivity contribution in [2.75, 3.05) is 0 Å². The molecule has 4 aromatic rings. The van der Waals surface area contributed by atoms with Crippen LogP contribution in [0.1, 0.15) is 46.1 Å². The van der Waals surface area contributed by atoms with Crippen LogP contribution in [-0.4, -0.2) is 21.2 Å². The van der Waals surface area contributed by atoms with Crippen LogP contribution in [0.2, 0.25) is 10.0 Å². The fourth-order valence-corrected chi connectivity index (χ4v) is 4.62. The predicted molar refractivity (Wildman–Crippen MR) is 130 cm³/mol. The molecule has 1 aliphatic carbocycles. The molecule has 182 valence electrons. The Balaban J connectivity index is 1.27. The summed E-state index contributed by atoms with van der Waals surface area (Å²) in [5.74, 6) is 1.57. The Bertz CT molecular complexity index is 1480. The minimum absolute atomic E-state index is 0.100. The second-order valence-corrected chi connectivity index (χ2v) is 9.30. The molecule has 1 N–H and O–H groups in total. The molecular weight excluding hydrogens is 507 g/mol. The topological polar surface area (TPSA) is 104 Å². The van der Waals surface area contributed by atoms with Crippen LogP contribution in [-0.2, 0) is 13.2 Å². The highest BCUT2D eigenvalue weighted by Gasteiger charge is 2.34. The fraction of sp³-hybridized carbons (Fsp3) is 0.192. The van der Waals surface area contributed by atoms with Crippen molar-refractivity contribution < 1.29 is 28.6 Å². The summed E-state index contributed by atoms with van der Waals surface area (Å²) in [6, 6.07) is 13.1. The Morgan fingerprint density at radius 3 is 2.58 bits per heavy atom. The van der Waals surface area contributed by atoms with Crippen LogP contribution < -0.4 is 14.2 Å². The average molecular weight is 525 g/mol. The highest BCUT2D eigenvalue weighted by molar-refractivity contribution is 6.39. The Morgan fingerprint density at radius 1 is 1.06 bits per heavy atom. The van der Waals surface area contributed by atoms with Crippen LogP contribution in [0.25, 0.3) is 11.3 Å². The van der Waals surface area contributed by atoms with Crippen LogP contribution in [0.5, 0.6) is 23.1 Å². The van der Waals surface area contributed by atoms with Gasteiger partial charge in [0.2, 0.25) is 5.88 Å². The molecule has 10 heteroatoms. The number of hydrogen-bond acceptors (Lipinski definition) is 7. The molecule has 8 nitrogen and oxygen atoms in total. The van der Waals surface area contributed by atoms with Crippen LogP contribution in [0.15, 0.2) is 53.1 Å². The quantitative estimate of drug-likeness (QED) is 0.291. The first-order chi connectivity index (χ1) is 17.5. The highest BCUT2D eigenvalue weighted by Crippen LogP contribution is 2.46. The van der Waals surface area contributed by atoms with E-state index in [1.165, 1.54) is 12.1 Å². The van der Waals surface area contributed by atoms with E-state index in [4.69, 9.17) is 41.9 Å². The minimum atomic E-state index is -1.05. The molecule has 1 fully saturated rings. The Kier molecular flexibility index (Phi) is 5.70. The number of aromatic carboxylic acids is 1. The Labute approximate surface area is 215 Å². The third kappa shape index (κ3) is 4.23. The van der Waals surface area contributed by atoms with E-state index in [-0.39, 0.29) is 18.8 Å². The molecule has 0 unspecified atom stereocenters. The number of carbonyl (C=O) groups is 1. The van der Waals surface area contributed by atoms with Gasteiger partial charge in [0.1, 0.15) is 30.4 Å². The zero-order chi connectivity index (χ0) is 24.8. The molecule has 2 aromatic heterocycles. The second kappa shape index (κ2) is 9.04. The van der Waals surface area contributed by atoms with Crippen LogP contribution >= 0.6 is 23.2 Å². The Hall–Kier alpha value is -3.75. The first kappa shape index (κ1) is 22.7. The number of pyridine rings is 1. The lowest BCUT2D eigenvalue weighted by molar-refractivity contribution is 0.0696. The molecule has 6 rings (SSSR count). The molecule has 1 aliphatic heterocycles.